The van der Waals surface area contributed by atoms with Crippen LogP contribution in [0.2, 0.25) is 0 Å². The quantitative estimate of drug-likeness (QED) is 0.721. The number of hydrogen-bond acceptors (Lipinski definition) is 2. The molecular weight excluding hydrogens is 274 g/mol. The Labute approximate surface area is 133 Å². The van der Waals surface area contributed by atoms with Crippen LogP contribution in [0.15, 0.2) is 42.5 Å². The third-order valence-corrected chi connectivity index (χ3v) is 5.14. The zero-order valence-electron chi connectivity index (χ0n) is 13.4. The Kier molecular flexibility index (Phi) is 6.47. The summed E-state index contributed by atoms with van der Waals surface area (Å²) in [5.41, 5.74) is 1.46. The SMILES string of the molecule is CCc1ccc(CCC(CNC(C)C)c2ccccc2)s1. The van der Waals surface area contributed by atoms with Gasteiger partial charge in [0.2, 0.25) is 0 Å². The van der Waals surface area contributed by atoms with Crippen LogP contribution in [0.5, 0.6) is 0 Å². The highest BCUT2D eigenvalue weighted by Crippen LogP contribution is 2.24. The molecule has 0 bridgehead atoms. The second kappa shape index (κ2) is 8.35. The molecule has 1 aromatic carbocycles. The molecule has 0 spiro atoms. The van der Waals surface area contributed by atoms with E-state index in [1.807, 2.05) is 11.3 Å². The molecule has 2 rings (SSSR count). The molecule has 1 heterocycles. The molecule has 0 radical (unpaired) electrons. The summed E-state index contributed by atoms with van der Waals surface area (Å²) < 4.78 is 0. The Morgan fingerprint density at radius 1 is 1.00 bits per heavy atom. The molecule has 0 aliphatic carbocycles. The van der Waals surface area contributed by atoms with Gasteiger partial charge in [-0.05, 0) is 42.9 Å². The van der Waals surface area contributed by atoms with Crippen LogP contribution in [-0.4, -0.2) is 12.6 Å². The zero-order chi connectivity index (χ0) is 15.1. The minimum Gasteiger partial charge on any atom is -0.314 e. The van der Waals surface area contributed by atoms with Crippen molar-refractivity contribution in [1.82, 2.24) is 5.32 Å². The van der Waals surface area contributed by atoms with E-state index in [1.54, 1.807) is 0 Å². The monoisotopic (exact) mass is 301 g/mol. The van der Waals surface area contributed by atoms with E-state index in [0.717, 1.165) is 13.0 Å². The number of rotatable bonds is 8. The van der Waals surface area contributed by atoms with E-state index < -0.39 is 0 Å². The summed E-state index contributed by atoms with van der Waals surface area (Å²) in [6.07, 6.45) is 3.55. The van der Waals surface area contributed by atoms with Crippen molar-refractivity contribution in [2.45, 2.75) is 52.0 Å². The molecule has 2 heteroatoms. The average molecular weight is 301 g/mol. The Morgan fingerprint density at radius 3 is 2.33 bits per heavy atom. The minimum atomic E-state index is 0.546. The van der Waals surface area contributed by atoms with E-state index >= 15 is 0 Å². The highest BCUT2D eigenvalue weighted by Gasteiger charge is 2.12. The molecule has 0 fully saturated rings. The first kappa shape index (κ1) is 16.3. The Hall–Kier alpha value is -1.12. The van der Waals surface area contributed by atoms with Crippen LogP contribution in [0.3, 0.4) is 0 Å². The molecule has 1 aromatic heterocycles. The van der Waals surface area contributed by atoms with Gasteiger partial charge in [0, 0.05) is 22.3 Å². The van der Waals surface area contributed by atoms with Crippen LogP contribution >= 0.6 is 11.3 Å². The minimum absolute atomic E-state index is 0.546. The van der Waals surface area contributed by atoms with Gasteiger partial charge in [0.05, 0.1) is 0 Å². The van der Waals surface area contributed by atoms with E-state index in [-0.39, 0.29) is 0 Å². The first-order chi connectivity index (χ1) is 10.2. The highest BCUT2D eigenvalue weighted by molar-refractivity contribution is 7.11. The van der Waals surface area contributed by atoms with Crippen molar-refractivity contribution in [1.29, 1.82) is 0 Å². The predicted octanol–water partition coefficient (Wildman–Crippen LogP) is 5.02. The van der Waals surface area contributed by atoms with E-state index in [9.17, 15) is 0 Å². The molecule has 2 aromatic rings. The molecule has 1 nitrogen and oxygen atoms in total. The van der Waals surface area contributed by atoms with Crippen LogP contribution < -0.4 is 5.32 Å². The summed E-state index contributed by atoms with van der Waals surface area (Å²) in [6.45, 7) is 7.73. The molecule has 114 valence electrons. The lowest BCUT2D eigenvalue weighted by atomic mass is 9.93. The van der Waals surface area contributed by atoms with Gasteiger partial charge in [-0.1, -0.05) is 51.1 Å². The van der Waals surface area contributed by atoms with Crippen LogP contribution in [0.4, 0.5) is 0 Å². The van der Waals surface area contributed by atoms with Gasteiger partial charge in [0.1, 0.15) is 0 Å². The summed E-state index contributed by atoms with van der Waals surface area (Å²) in [6, 6.07) is 16.1. The summed E-state index contributed by atoms with van der Waals surface area (Å²) >= 11 is 1.97. The molecule has 0 saturated carbocycles. The van der Waals surface area contributed by atoms with Gasteiger partial charge in [-0.3, -0.25) is 0 Å². The third kappa shape index (κ3) is 5.29. The molecule has 0 amide bonds. The molecule has 1 N–H and O–H groups in total. The first-order valence-electron chi connectivity index (χ1n) is 8.05. The lowest BCUT2D eigenvalue weighted by molar-refractivity contribution is 0.509. The van der Waals surface area contributed by atoms with Crippen LogP contribution in [0.1, 0.15) is 48.4 Å². The second-order valence-electron chi connectivity index (χ2n) is 5.93. The smallest absolute Gasteiger partial charge is 0.00484 e. The van der Waals surface area contributed by atoms with Crippen molar-refractivity contribution in [3.63, 3.8) is 0 Å². The molecule has 0 aliphatic rings. The predicted molar refractivity (Wildman–Crippen MR) is 94.3 cm³/mol. The maximum Gasteiger partial charge on any atom is 0.00484 e. The average Bonchev–Trinajstić information content (AvgIpc) is 2.96. The van der Waals surface area contributed by atoms with Crippen LogP contribution in [0, 0.1) is 0 Å². The molecule has 1 atom stereocenters. The fourth-order valence-corrected chi connectivity index (χ4v) is 3.53. The van der Waals surface area contributed by atoms with Gasteiger partial charge in [-0.25, -0.2) is 0 Å². The number of hydrogen-bond donors (Lipinski definition) is 1. The topological polar surface area (TPSA) is 12.0 Å². The number of thiophene rings is 1. The Morgan fingerprint density at radius 2 is 1.71 bits per heavy atom. The van der Waals surface area contributed by atoms with Crippen molar-refractivity contribution in [2.75, 3.05) is 6.54 Å². The van der Waals surface area contributed by atoms with Gasteiger partial charge < -0.3 is 5.32 Å². The number of benzene rings is 1. The van der Waals surface area contributed by atoms with Gasteiger partial charge in [0.25, 0.3) is 0 Å². The van der Waals surface area contributed by atoms with Crippen molar-refractivity contribution in [2.24, 2.45) is 0 Å². The maximum atomic E-state index is 3.60. The van der Waals surface area contributed by atoms with Gasteiger partial charge in [-0.2, -0.15) is 0 Å². The summed E-state index contributed by atoms with van der Waals surface area (Å²) in [5.74, 6) is 0.598. The second-order valence-corrected chi connectivity index (χ2v) is 7.18. The Balaban J connectivity index is 1.98. The molecule has 0 aliphatic heterocycles. The summed E-state index contributed by atoms with van der Waals surface area (Å²) in [4.78, 5) is 3.03. The number of nitrogens with one attached hydrogen (secondary N) is 1. The van der Waals surface area contributed by atoms with E-state index in [1.165, 1.54) is 28.2 Å². The molecule has 0 saturated heterocycles. The normalized spacial score (nSPS) is 12.8. The Bertz CT molecular complexity index is 515. The maximum absolute atomic E-state index is 3.60. The van der Waals surface area contributed by atoms with E-state index in [2.05, 4.69) is 68.6 Å². The summed E-state index contributed by atoms with van der Waals surface area (Å²) in [7, 11) is 0. The zero-order valence-corrected chi connectivity index (χ0v) is 14.2. The lowest BCUT2D eigenvalue weighted by Crippen LogP contribution is -2.28. The largest absolute Gasteiger partial charge is 0.314 e. The third-order valence-electron chi connectivity index (χ3n) is 3.85. The lowest BCUT2D eigenvalue weighted by Gasteiger charge is -2.19. The van der Waals surface area contributed by atoms with Crippen LogP contribution in [-0.2, 0) is 12.8 Å². The van der Waals surface area contributed by atoms with Gasteiger partial charge >= 0.3 is 0 Å². The standard InChI is InChI=1S/C19H27NS/c1-4-18-12-13-19(21-18)11-10-17(14-20-15(2)3)16-8-6-5-7-9-16/h5-9,12-13,15,17,20H,4,10-11,14H2,1-3H3. The van der Waals surface area contributed by atoms with Crippen molar-refractivity contribution in [3.05, 3.63) is 57.8 Å². The molecule has 1 unspecified atom stereocenters. The number of aryl methyl sites for hydroxylation is 2. The van der Waals surface area contributed by atoms with Crippen LogP contribution in [0.25, 0.3) is 0 Å². The van der Waals surface area contributed by atoms with Gasteiger partial charge in [-0.15, -0.1) is 11.3 Å². The molecular formula is C19H27NS. The van der Waals surface area contributed by atoms with Crippen molar-refractivity contribution < 1.29 is 0 Å². The highest BCUT2D eigenvalue weighted by atomic mass is 32.1. The van der Waals surface area contributed by atoms with E-state index in [0.29, 0.717) is 12.0 Å². The first-order valence-corrected chi connectivity index (χ1v) is 8.86. The van der Waals surface area contributed by atoms with Crippen molar-refractivity contribution >= 4 is 11.3 Å². The van der Waals surface area contributed by atoms with Crippen molar-refractivity contribution in [3.8, 4) is 0 Å². The molecule has 21 heavy (non-hydrogen) atoms. The summed E-state index contributed by atoms with van der Waals surface area (Å²) in [5, 5.41) is 3.60. The van der Waals surface area contributed by atoms with Gasteiger partial charge in [0.15, 0.2) is 0 Å². The van der Waals surface area contributed by atoms with E-state index in [4.69, 9.17) is 0 Å². The fourth-order valence-electron chi connectivity index (χ4n) is 2.55. The fraction of sp³-hybridized carbons (Fsp3) is 0.474.